The van der Waals surface area contributed by atoms with E-state index in [1.807, 2.05) is 0 Å². The number of anilines is 2. The van der Waals surface area contributed by atoms with E-state index in [1.54, 1.807) is 6.20 Å². The normalized spacial score (nSPS) is 31.8. The summed E-state index contributed by atoms with van der Waals surface area (Å²) in [4.78, 5) is 9.31. The Hall–Kier alpha value is -2.47. The molecule has 6 fully saturated rings. The number of aromatic nitrogens is 2. The molecule has 6 saturated carbocycles. The van der Waals surface area contributed by atoms with Crippen molar-refractivity contribution in [1.29, 1.82) is 5.26 Å². The van der Waals surface area contributed by atoms with E-state index >= 15 is 0 Å². The van der Waals surface area contributed by atoms with Gasteiger partial charge in [-0.05, 0) is 141 Å². The van der Waals surface area contributed by atoms with Crippen LogP contribution in [-0.2, 0) is 11.0 Å². The number of benzene rings is 1. The van der Waals surface area contributed by atoms with Crippen molar-refractivity contribution in [2.24, 2.45) is 29.1 Å². The van der Waals surface area contributed by atoms with Crippen molar-refractivity contribution in [3.63, 3.8) is 0 Å². The Balaban J connectivity index is 0.920. The van der Waals surface area contributed by atoms with Crippen LogP contribution in [0.25, 0.3) is 0 Å². The fourth-order valence-electron chi connectivity index (χ4n) is 9.71. The monoisotopic (exact) mass is 654 g/mol. The fourth-order valence-corrected chi connectivity index (χ4v) is 11.1. The van der Waals surface area contributed by atoms with Crippen molar-refractivity contribution >= 4 is 20.1 Å². The number of hydrogen-bond acceptors (Lipinski definition) is 7. The highest BCUT2D eigenvalue weighted by Gasteiger charge is 2.55. The SMILES string of the molecule is CC(C)(C)[Si](C)(C)O[C@H]1CC[C@H](CN[C@@H]2[C@@H]3CC4C[C@H]2C[C@@](CNc2nc(NCc5ccccc5C5CC5)ncc2C#N)(C4)C3)CC1. The van der Waals surface area contributed by atoms with Gasteiger partial charge in [0.15, 0.2) is 8.32 Å². The second-order valence-electron chi connectivity index (χ2n) is 17.7. The highest BCUT2D eigenvalue weighted by Crippen LogP contribution is 2.60. The second kappa shape index (κ2) is 13.1. The molecule has 8 heteroatoms. The van der Waals surface area contributed by atoms with Gasteiger partial charge in [-0.3, -0.25) is 0 Å². The molecule has 8 rings (SSSR count). The molecule has 6 aliphatic rings. The molecular formula is C39H58N6OSi. The van der Waals surface area contributed by atoms with Crippen LogP contribution in [0.15, 0.2) is 30.5 Å². The van der Waals surface area contributed by atoms with Gasteiger partial charge in [0, 0.05) is 25.2 Å². The van der Waals surface area contributed by atoms with Crippen molar-refractivity contribution in [3.8, 4) is 6.07 Å². The van der Waals surface area contributed by atoms with Crippen LogP contribution >= 0.6 is 0 Å². The molecule has 1 aromatic carbocycles. The molecule has 2 aromatic rings. The molecule has 0 spiro atoms. The number of nitrogens with one attached hydrogen (secondary N) is 3. The Morgan fingerprint density at radius 1 is 0.979 bits per heavy atom. The number of nitrogens with zero attached hydrogens (tertiary/aromatic N) is 3. The second-order valence-corrected chi connectivity index (χ2v) is 22.4. The molecule has 0 radical (unpaired) electrons. The lowest BCUT2D eigenvalue weighted by molar-refractivity contribution is -0.0704. The molecule has 47 heavy (non-hydrogen) atoms. The summed E-state index contributed by atoms with van der Waals surface area (Å²) in [5.74, 6) is 5.15. The van der Waals surface area contributed by atoms with E-state index in [1.165, 1.54) is 88.3 Å². The van der Waals surface area contributed by atoms with Crippen molar-refractivity contribution in [2.75, 3.05) is 23.7 Å². The maximum atomic E-state index is 9.88. The molecule has 3 N–H and O–H groups in total. The van der Waals surface area contributed by atoms with Gasteiger partial charge in [0.25, 0.3) is 0 Å². The van der Waals surface area contributed by atoms with Gasteiger partial charge in [0.1, 0.15) is 17.5 Å². The predicted octanol–water partition coefficient (Wildman–Crippen LogP) is 8.61. The van der Waals surface area contributed by atoms with E-state index < -0.39 is 8.32 Å². The summed E-state index contributed by atoms with van der Waals surface area (Å²) in [6.07, 6.45) is 16.4. The molecule has 7 nitrogen and oxygen atoms in total. The van der Waals surface area contributed by atoms with Crippen molar-refractivity contribution in [2.45, 2.75) is 134 Å². The van der Waals surface area contributed by atoms with Crippen LogP contribution in [-0.4, -0.2) is 43.5 Å². The molecule has 5 atom stereocenters. The summed E-state index contributed by atoms with van der Waals surface area (Å²) in [5, 5.41) is 21.5. The highest BCUT2D eigenvalue weighted by atomic mass is 28.4. The minimum absolute atomic E-state index is 0.285. The Bertz CT molecular complexity index is 1440. The molecule has 1 heterocycles. The molecule has 1 unspecified atom stereocenters. The van der Waals surface area contributed by atoms with Crippen LogP contribution in [0, 0.1) is 40.4 Å². The molecule has 0 aliphatic heterocycles. The smallest absolute Gasteiger partial charge is 0.224 e. The molecule has 0 saturated heterocycles. The first kappa shape index (κ1) is 33.0. The zero-order chi connectivity index (χ0) is 32.8. The first-order valence-electron chi connectivity index (χ1n) is 18.7. The van der Waals surface area contributed by atoms with Gasteiger partial charge >= 0.3 is 0 Å². The van der Waals surface area contributed by atoms with E-state index in [-0.39, 0.29) is 5.04 Å². The third-order valence-corrected chi connectivity index (χ3v) is 17.7. The lowest BCUT2D eigenvalue weighted by Gasteiger charge is -2.60. The zero-order valence-corrected chi connectivity index (χ0v) is 30.6. The van der Waals surface area contributed by atoms with E-state index in [4.69, 9.17) is 9.41 Å². The summed E-state index contributed by atoms with van der Waals surface area (Å²) < 4.78 is 6.78. The fraction of sp³-hybridized carbons (Fsp3) is 0.718. The minimum Gasteiger partial charge on any atom is -0.414 e. The predicted molar refractivity (Wildman–Crippen MR) is 193 cm³/mol. The average Bonchev–Trinajstić information content (AvgIpc) is 3.88. The lowest BCUT2D eigenvalue weighted by atomic mass is 9.48. The van der Waals surface area contributed by atoms with Crippen LogP contribution < -0.4 is 16.0 Å². The molecule has 1 aromatic heterocycles. The number of nitriles is 1. The molecule has 254 valence electrons. The molecular weight excluding hydrogens is 597 g/mol. The summed E-state index contributed by atoms with van der Waals surface area (Å²) in [7, 11) is -1.69. The van der Waals surface area contributed by atoms with Crippen LogP contribution in [0.5, 0.6) is 0 Å². The van der Waals surface area contributed by atoms with Gasteiger partial charge in [0.05, 0.1) is 6.20 Å². The maximum Gasteiger partial charge on any atom is 0.224 e. The Morgan fingerprint density at radius 2 is 1.70 bits per heavy atom. The van der Waals surface area contributed by atoms with E-state index in [0.29, 0.717) is 47.4 Å². The van der Waals surface area contributed by atoms with Crippen LogP contribution in [0.1, 0.15) is 114 Å². The van der Waals surface area contributed by atoms with Crippen molar-refractivity contribution in [3.05, 3.63) is 47.2 Å². The van der Waals surface area contributed by atoms with E-state index in [2.05, 4.69) is 85.1 Å². The highest BCUT2D eigenvalue weighted by molar-refractivity contribution is 6.74. The van der Waals surface area contributed by atoms with Gasteiger partial charge in [-0.1, -0.05) is 45.0 Å². The zero-order valence-electron chi connectivity index (χ0n) is 29.6. The third kappa shape index (κ3) is 7.28. The Labute approximate surface area is 284 Å². The Kier molecular flexibility index (Phi) is 9.21. The Morgan fingerprint density at radius 3 is 2.38 bits per heavy atom. The summed E-state index contributed by atoms with van der Waals surface area (Å²) >= 11 is 0. The van der Waals surface area contributed by atoms with Gasteiger partial charge in [0.2, 0.25) is 5.95 Å². The number of hydrogen-bond donors (Lipinski definition) is 3. The minimum atomic E-state index is -1.69. The third-order valence-electron chi connectivity index (χ3n) is 13.2. The average molecular weight is 655 g/mol. The van der Waals surface area contributed by atoms with Gasteiger partial charge in [-0.2, -0.15) is 10.2 Å². The van der Waals surface area contributed by atoms with Crippen LogP contribution in [0.4, 0.5) is 11.8 Å². The summed E-state index contributed by atoms with van der Waals surface area (Å²) in [6.45, 7) is 14.6. The standard InChI is InChI=1S/C39H58N6OSi/c1-38(2,3)47(4,5)46-33-14-10-26(11-15-33)22-41-35-30-16-27-17-31(35)20-39(18-27,19-30)25-44-36-32(21-40)24-43-37(45-36)42-23-29-8-6-7-9-34(29)28-12-13-28/h6-9,24,26-28,30-31,33,35,41H,10-20,22-23,25H2,1-5H3,(H2,42,43,44,45)/t26-,27?,30-,31+,33-,35-,39-. The van der Waals surface area contributed by atoms with Crippen molar-refractivity contribution < 1.29 is 4.43 Å². The van der Waals surface area contributed by atoms with E-state index in [0.717, 1.165) is 30.2 Å². The molecule has 0 amide bonds. The summed E-state index contributed by atoms with van der Waals surface area (Å²) in [5.41, 5.74) is 3.60. The first-order chi connectivity index (χ1) is 22.5. The largest absolute Gasteiger partial charge is 0.414 e. The van der Waals surface area contributed by atoms with Gasteiger partial charge in [-0.25, -0.2) is 4.98 Å². The first-order valence-corrected chi connectivity index (χ1v) is 21.7. The molecule has 4 bridgehead atoms. The quantitative estimate of drug-likeness (QED) is 0.197. The number of rotatable bonds is 12. The van der Waals surface area contributed by atoms with Crippen LogP contribution in [0.2, 0.25) is 18.1 Å². The van der Waals surface area contributed by atoms with Gasteiger partial charge < -0.3 is 20.4 Å². The molecule has 6 aliphatic carbocycles. The lowest BCUT2D eigenvalue weighted by Crippen LogP contribution is -2.60. The summed E-state index contributed by atoms with van der Waals surface area (Å²) in [6, 6.07) is 11.7. The van der Waals surface area contributed by atoms with Gasteiger partial charge in [-0.15, -0.1) is 0 Å². The maximum absolute atomic E-state index is 9.88. The van der Waals surface area contributed by atoms with E-state index in [9.17, 15) is 5.26 Å². The van der Waals surface area contributed by atoms with Crippen molar-refractivity contribution in [1.82, 2.24) is 15.3 Å². The topological polar surface area (TPSA) is 94.9 Å². The van der Waals surface area contributed by atoms with Crippen LogP contribution in [0.3, 0.4) is 0 Å².